The summed E-state index contributed by atoms with van der Waals surface area (Å²) in [6.45, 7) is 6.83. The zero-order valence-corrected chi connectivity index (χ0v) is 18.4. The van der Waals surface area contributed by atoms with Crippen LogP contribution in [0.4, 0.5) is 10.5 Å². The van der Waals surface area contributed by atoms with Crippen LogP contribution in [0.1, 0.15) is 38.2 Å². The van der Waals surface area contributed by atoms with Gasteiger partial charge in [-0.05, 0) is 42.2 Å². The van der Waals surface area contributed by atoms with Gasteiger partial charge >= 0.3 is 12.0 Å². The molecule has 0 saturated heterocycles. The van der Waals surface area contributed by atoms with Gasteiger partial charge in [-0.2, -0.15) is 0 Å². The van der Waals surface area contributed by atoms with Crippen molar-refractivity contribution in [1.29, 1.82) is 0 Å². The molecule has 2 amide bonds. The molecular formula is C25H32N2O4. The molecule has 0 saturated carbocycles. The average Bonchev–Trinajstić information content (AvgIpc) is 2.78. The van der Waals surface area contributed by atoms with Gasteiger partial charge in [0.05, 0.1) is 0 Å². The fourth-order valence-electron chi connectivity index (χ4n) is 3.17. The van der Waals surface area contributed by atoms with Crippen LogP contribution >= 0.6 is 0 Å². The molecule has 0 unspecified atom stereocenters. The molecule has 0 aliphatic heterocycles. The van der Waals surface area contributed by atoms with Gasteiger partial charge in [-0.3, -0.25) is 9.69 Å². The number of carbonyl (C=O) groups excluding carboxylic acids is 1. The Kier molecular flexibility index (Phi) is 9.62. The van der Waals surface area contributed by atoms with E-state index in [9.17, 15) is 9.59 Å². The third-order valence-corrected chi connectivity index (χ3v) is 4.94. The lowest BCUT2D eigenvalue weighted by molar-refractivity contribution is -0.136. The van der Waals surface area contributed by atoms with Crippen LogP contribution in [-0.2, 0) is 11.2 Å². The first-order valence-electron chi connectivity index (χ1n) is 10.7. The first-order chi connectivity index (χ1) is 15.0. The molecule has 0 bridgehead atoms. The molecule has 2 N–H and O–H groups in total. The summed E-state index contributed by atoms with van der Waals surface area (Å²) < 4.78 is 5.85. The first-order valence-corrected chi connectivity index (χ1v) is 10.7. The van der Waals surface area contributed by atoms with Gasteiger partial charge in [0.2, 0.25) is 0 Å². The van der Waals surface area contributed by atoms with Gasteiger partial charge < -0.3 is 15.2 Å². The average molecular weight is 425 g/mol. The molecule has 0 fully saturated rings. The molecule has 0 spiro atoms. The normalized spacial score (nSPS) is 10.4. The summed E-state index contributed by atoms with van der Waals surface area (Å²) in [6.07, 6.45) is 5.33. The maximum atomic E-state index is 12.5. The zero-order chi connectivity index (χ0) is 22.6. The van der Waals surface area contributed by atoms with Gasteiger partial charge in [-0.15, -0.1) is 0 Å². The summed E-state index contributed by atoms with van der Waals surface area (Å²) in [7, 11) is 1.75. The van der Waals surface area contributed by atoms with E-state index in [-0.39, 0.29) is 12.5 Å². The standard InChI is InChI=1S/C25H32N2O4/c1-4-6-7-15-26-25(30)27(3)21-10-8-9-20(18-21)22-13-11-19(12-14-24(28)29)17-23(22)31-16-5-2/h5,8-11,13,17-18H,2,4,6-7,12,14-16H2,1,3H3,(H,26,30)(H,28,29). The second-order valence-electron chi connectivity index (χ2n) is 7.37. The Balaban J connectivity index is 2.23. The quantitative estimate of drug-likeness (QED) is 0.359. The highest BCUT2D eigenvalue weighted by Crippen LogP contribution is 2.33. The van der Waals surface area contributed by atoms with Gasteiger partial charge in [0.25, 0.3) is 0 Å². The maximum Gasteiger partial charge on any atom is 0.321 e. The van der Waals surface area contributed by atoms with Crippen molar-refractivity contribution in [1.82, 2.24) is 5.32 Å². The van der Waals surface area contributed by atoms with E-state index < -0.39 is 5.97 Å². The number of amides is 2. The number of carbonyl (C=O) groups is 2. The Morgan fingerprint density at radius 3 is 2.71 bits per heavy atom. The Morgan fingerprint density at radius 2 is 2.00 bits per heavy atom. The van der Waals surface area contributed by atoms with Crippen molar-refractivity contribution in [2.24, 2.45) is 0 Å². The molecular weight excluding hydrogens is 392 g/mol. The largest absolute Gasteiger partial charge is 0.489 e. The van der Waals surface area contributed by atoms with Crippen molar-refractivity contribution >= 4 is 17.7 Å². The highest BCUT2D eigenvalue weighted by atomic mass is 16.5. The number of unbranched alkanes of at least 4 members (excludes halogenated alkanes) is 2. The molecule has 2 aromatic carbocycles. The van der Waals surface area contributed by atoms with Crippen molar-refractivity contribution in [3.8, 4) is 16.9 Å². The molecule has 0 aliphatic carbocycles. The summed E-state index contributed by atoms with van der Waals surface area (Å²) >= 11 is 0. The Morgan fingerprint density at radius 1 is 1.19 bits per heavy atom. The smallest absolute Gasteiger partial charge is 0.321 e. The van der Waals surface area contributed by atoms with Crippen LogP contribution in [0, 0.1) is 0 Å². The van der Waals surface area contributed by atoms with Crippen LogP contribution in [0.25, 0.3) is 11.1 Å². The summed E-state index contributed by atoms with van der Waals surface area (Å²) in [4.78, 5) is 25.0. The lowest BCUT2D eigenvalue weighted by atomic mass is 10.00. The molecule has 0 atom stereocenters. The third-order valence-electron chi connectivity index (χ3n) is 4.94. The lowest BCUT2D eigenvalue weighted by Crippen LogP contribution is -2.37. The van der Waals surface area contributed by atoms with E-state index in [0.29, 0.717) is 25.3 Å². The molecule has 0 aromatic heterocycles. The lowest BCUT2D eigenvalue weighted by Gasteiger charge is -2.19. The van der Waals surface area contributed by atoms with Gasteiger partial charge in [-0.1, -0.05) is 56.7 Å². The predicted molar refractivity (Wildman–Crippen MR) is 125 cm³/mol. The van der Waals surface area contributed by atoms with Crippen molar-refractivity contribution in [2.75, 3.05) is 25.1 Å². The van der Waals surface area contributed by atoms with E-state index in [4.69, 9.17) is 9.84 Å². The second kappa shape index (κ2) is 12.4. The Labute approximate surface area is 184 Å². The third kappa shape index (κ3) is 7.48. The first kappa shape index (κ1) is 24.0. The molecule has 166 valence electrons. The number of hydrogen-bond donors (Lipinski definition) is 2. The second-order valence-corrected chi connectivity index (χ2v) is 7.37. The highest BCUT2D eigenvalue weighted by molar-refractivity contribution is 5.92. The summed E-state index contributed by atoms with van der Waals surface area (Å²) in [5.41, 5.74) is 3.45. The molecule has 6 nitrogen and oxygen atoms in total. The van der Waals surface area contributed by atoms with Crippen LogP contribution in [0.2, 0.25) is 0 Å². The molecule has 0 radical (unpaired) electrons. The summed E-state index contributed by atoms with van der Waals surface area (Å²) in [6, 6.07) is 13.3. The summed E-state index contributed by atoms with van der Waals surface area (Å²) in [5, 5.41) is 11.9. The van der Waals surface area contributed by atoms with E-state index in [2.05, 4.69) is 18.8 Å². The summed E-state index contributed by atoms with van der Waals surface area (Å²) in [5.74, 6) is -0.173. The van der Waals surface area contributed by atoms with Gasteiger partial charge in [0, 0.05) is 31.3 Å². The molecule has 2 aromatic rings. The topological polar surface area (TPSA) is 78.9 Å². The fraction of sp³-hybridized carbons (Fsp3) is 0.360. The maximum absolute atomic E-state index is 12.5. The number of aliphatic carboxylic acids is 1. The molecule has 2 rings (SSSR count). The van der Waals surface area contributed by atoms with E-state index in [1.165, 1.54) is 0 Å². The van der Waals surface area contributed by atoms with Crippen molar-refractivity contribution in [3.63, 3.8) is 0 Å². The number of urea groups is 1. The van der Waals surface area contributed by atoms with Crippen LogP contribution in [0.3, 0.4) is 0 Å². The number of nitrogens with zero attached hydrogens (tertiary/aromatic N) is 1. The molecule has 6 heteroatoms. The zero-order valence-electron chi connectivity index (χ0n) is 18.4. The Hall–Kier alpha value is -3.28. The minimum absolute atomic E-state index is 0.0634. The minimum Gasteiger partial charge on any atom is -0.489 e. The number of nitrogens with one attached hydrogen (secondary N) is 1. The van der Waals surface area contributed by atoms with Crippen molar-refractivity contribution in [3.05, 3.63) is 60.7 Å². The number of aryl methyl sites for hydroxylation is 1. The number of hydrogen-bond acceptors (Lipinski definition) is 3. The molecule has 0 aliphatic rings. The highest BCUT2D eigenvalue weighted by Gasteiger charge is 2.13. The van der Waals surface area contributed by atoms with Gasteiger partial charge in [0.1, 0.15) is 12.4 Å². The number of ether oxygens (including phenoxy) is 1. The van der Waals surface area contributed by atoms with Crippen molar-refractivity contribution < 1.29 is 19.4 Å². The van der Waals surface area contributed by atoms with Crippen LogP contribution in [0.5, 0.6) is 5.75 Å². The number of rotatable bonds is 12. The van der Waals surface area contributed by atoms with Crippen molar-refractivity contribution in [2.45, 2.75) is 39.0 Å². The van der Waals surface area contributed by atoms with Crippen LogP contribution < -0.4 is 15.0 Å². The van der Waals surface area contributed by atoms with E-state index in [0.717, 1.165) is 41.6 Å². The van der Waals surface area contributed by atoms with Crippen LogP contribution in [-0.4, -0.2) is 37.3 Å². The number of carboxylic acids is 1. The fourth-order valence-corrected chi connectivity index (χ4v) is 3.17. The SMILES string of the molecule is C=CCOc1cc(CCC(=O)O)ccc1-c1cccc(N(C)C(=O)NCCCCC)c1. The molecule has 0 heterocycles. The van der Waals surface area contributed by atoms with Gasteiger partial charge in [0.15, 0.2) is 0 Å². The van der Waals surface area contributed by atoms with Gasteiger partial charge in [-0.25, -0.2) is 4.79 Å². The predicted octanol–water partition coefficient (Wildman–Crippen LogP) is 5.27. The number of benzene rings is 2. The van der Waals surface area contributed by atoms with E-state index >= 15 is 0 Å². The Bertz CT molecular complexity index is 895. The molecule has 31 heavy (non-hydrogen) atoms. The number of anilines is 1. The van der Waals surface area contributed by atoms with Crippen LogP contribution in [0.15, 0.2) is 55.1 Å². The van der Waals surface area contributed by atoms with E-state index in [1.54, 1.807) is 18.0 Å². The van der Waals surface area contributed by atoms with E-state index in [1.807, 2.05) is 42.5 Å². The monoisotopic (exact) mass is 424 g/mol. The minimum atomic E-state index is -0.832. The number of carboxylic acid groups (broad SMARTS) is 1.